The van der Waals surface area contributed by atoms with Gasteiger partial charge in [-0.1, -0.05) is 52.0 Å². The summed E-state index contributed by atoms with van der Waals surface area (Å²) in [6, 6.07) is 8.47. The first-order valence-corrected chi connectivity index (χ1v) is 6.28. The zero-order chi connectivity index (χ0) is 12.8. The lowest BCUT2D eigenvalue weighted by Gasteiger charge is -2.06. The van der Waals surface area contributed by atoms with Crippen LogP contribution < -0.4 is 0 Å². The summed E-state index contributed by atoms with van der Waals surface area (Å²) in [7, 11) is 0. The van der Waals surface area contributed by atoms with Crippen molar-refractivity contribution in [2.75, 3.05) is 0 Å². The van der Waals surface area contributed by atoms with E-state index in [9.17, 15) is 4.79 Å². The molecule has 0 fully saturated rings. The molecule has 0 heterocycles. The standard InChI is InChI=1S/C16H22O/c1-12(2)9-14-5-7-15(8-6-14)10-16(11-17)13(3)4/h5-8,10-13H,9H2,1-4H3. The maximum atomic E-state index is 10.9. The highest BCUT2D eigenvalue weighted by atomic mass is 16.1. The Kier molecular flexibility index (Phi) is 5.14. The summed E-state index contributed by atoms with van der Waals surface area (Å²) in [5.41, 5.74) is 3.31. The number of allylic oxidation sites excluding steroid dienone is 1. The fourth-order valence-corrected chi connectivity index (χ4v) is 1.75. The van der Waals surface area contributed by atoms with Crippen LogP contribution in [0.5, 0.6) is 0 Å². The van der Waals surface area contributed by atoms with Gasteiger partial charge in [0.2, 0.25) is 0 Å². The molecule has 1 nitrogen and oxygen atoms in total. The first kappa shape index (κ1) is 13.7. The van der Waals surface area contributed by atoms with Crippen molar-refractivity contribution in [3.05, 3.63) is 41.0 Å². The van der Waals surface area contributed by atoms with Gasteiger partial charge in [0.05, 0.1) is 0 Å². The second-order valence-electron chi connectivity index (χ2n) is 5.26. The molecule has 1 aromatic rings. The quantitative estimate of drug-likeness (QED) is 0.549. The molecule has 0 radical (unpaired) electrons. The minimum Gasteiger partial charge on any atom is -0.298 e. The molecule has 1 heteroatoms. The molecule has 0 atom stereocenters. The largest absolute Gasteiger partial charge is 0.298 e. The van der Waals surface area contributed by atoms with Crippen LogP contribution in [0.25, 0.3) is 6.08 Å². The second-order valence-corrected chi connectivity index (χ2v) is 5.26. The minimum atomic E-state index is 0.280. The van der Waals surface area contributed by atoms with Gasteiger partial charge < -0.3 is 0 Å². The molecule has 0 aliphatic heterocycles. The maximum absolute atomic E-state index is 10.9. The third-order valence-corrected chi connectivity index (χ3v) is 2.76. The van der Waals surface area contributed by atoms with Gasteiger partial charge in [-0.2, -0.15) is 0 Å². The van der Waals surface area contributed by atoms with Gasteiger partial charge in [0.1, 0.15) is 6.29 Å². The van der Waals surface area contributed by atoms with Crippen LogP contribution in [0.15, 0.2) is 29.8 Å². The minimum absolute atomic E-state index is 0.280. The van der Waals surface area contributed by atoms with E-state index in [2.05, 4.69) is 38.1 Å². The molecule has 92 valence electrons. The Hall–Kier alpha value is -1.37. The lowest BCUT2D eigenvalue weighted by Crippen LogP contribution is -1.96. The lowest BCUT2D eigenvalue weighted by atomic mass is 9.99. The van der Waals surface area contributed by atoms with E-state index in [0.717, 1.165) is 23.8 Å². The average Bonchev–Trinajstić information content (AvgIpc) is 2.26. The summed E-state index contributed by atoms with van der Waals surface area (Å²) in [4.78, 5) is 10.9. The van der Waals surface area contributed by atoms with Crippen LogP contribution in [-0.4, -0.2) is 6.29 Å². The van der Waals surface area contributed by atoms with Gasteiger partial charge in [0.25, 0.3) is 0 Å². The molecule has 0 spiro atoms. The predicted octanol–water partition coefficient (Wildman–Crippen LogP) is 4.12. The van der Waals surface area contributed by atoms with Gasteiger partial charge in [0.15, 0.2) is 0 Å². The molecule has 17 heavy (non-hydrogen) atoms. The summed E-state index contributed by atoms with van der Waals surface area (Å²) >= 11 is 0. The number of rotatable bonds is 5. The molecule has 1 rings (SSSR count). The zero-order valence-electron chi connectivity index (χ0n) is 11.2. The van der Waals surface area contributed by atoms with Crippen molar-refractivity contribution in [3.8, 4) is 0 Å². The molecular formula is C16H22O. The van der Waals surface area contributed by atoms with Crippen LogP contribution in [-0.2, 0) is 11.2 Å². The average molecular weight is 230 g/mol. The van der Waals surface area contributed by atoms with Crippen molar-refractivity contribution >= 4 is 12.4 Å². The number of carbonyl (C=O) groups is 1. The van der Waals surface area contributed by atoms with Crippen molar-refractivity contribution in [1.82, 2.24) is 0 Å². The van der Waals surface area contributed by atoms with Crippen molar-refractivity contribution < 1.29 is 4.79 Å². The van der Waals surface area contributed by atoms with Crippen LogP contribution >= 0.6 is 0 Å². The predicted molar refractivity (Wildman–Crippen MR) is 73.9 cm³/mol. The first-order valence-electron chi connectivity index (χ1n) is 6.28. The summed E-state index contributed by atoms with van der Waals surface area (Å²) < 4.78 is 0. The number of carbonyl (C=O) groups excluding carboxylic acids is 1. The van der Waals surface area contributed by atoms with Crippen molar-refractivity contribution in [1.29, 1.82) is 0 Å². The third-order valence-electron chi connectivity index (χ3n) is 2.76. The fraction of sp³-hybridized carbons (Fsp3) is 0.438. The Morgan fingerprint density at radius 2 is 1.71 bits per heavy atom. The number of aldehydes is 1. The molecule has 1 aromatic carbocycles. The highest BCUT2D eigenvalue weighted by molar-refractivity contribution is 5.82. The van der Waals surface area contributed by atoms with E-state index in [1.54, 1.807) is 0 Å². The summed E-state index contributed by atoms with van der Waals surface area (Å²) in [6.07, 6.45) is 4.03. The highest BCUT2D eigenvalue weighted by Crippen LogP contribution is 2.15. The maximum Gasteiger partial charge on any atom is 0.146 e. The van der Waals surface area contributed by atoms with Gasteiger partial charge in [-0.25, -0.2) is 0 Å². The summed E-state index contributed by atoms with van der Waals surface area (Å²) in [6.45, 7) is 8.51. The van der Waals surface area contributed by atoms with Gasteiger partial charge in [-0.05, 0) is 41.0 Å². The van der Waals surface area contributed by atoms with Crippen LogP contribution in [0.1, 0.15) is 38.8 Å². The first-order chi connectivity index (χ1) is 8.02. The van der Waals surface area contributed by atoms with E-state index >= 15 is 0 Å². The highest BCUT2D eigenvalue weighted by Gasteiger charge is 2.02. The van der Waals surface area contributed by atoms with Crippen LogP contribution in [0.2, 0.25) is 0 Å². The van der Waals surface area contributed by atoms with Gasteiger partial charge in [0, 0.05) is 0 Å². The second kappa shape index (κ2) is 6.39. The van der Waals surface area contributed by atoms with E-state index < -0.39 is 0 Å². The molecule has 0 saturated carbocycles. The summed E-state index contributed by atoms with van der Waals surface area (Å²) in [5, 5.41) is 0. The van der Waals surface area contributed by atoms with Crippen LogP contribution in [0, 0.1) is 11.8 Å². The van der Waals surface area contributed by atoms with Crippen LogP contribution in [0.3, 0.4) is 0 Å². The van der Waals surface area contributed by atoms with Gasteiger partial charge >= 0.3 is 0 Å². The number of hydrogen-bond acceptors (Lipinski definition) is 1. The Bertz CT molecular complexity index is 382. The van der Waals surface area contributed by atoms with E-state index in [1.807, 2.05) is 19.9 Å². The molecule has 0 bridgehead atoms. The van der Waals surface area contributed by atoms with E-state index in [-0.39, 0.29) is 5.92 Å². The molecule has 0 aliphatic rings. The van der Waals surface area contributed by atoms with E-state index in [4.69, 9.17) is 0 Å². The summed E-state index contributed by atoms with van der Waals surface area (Å²) in [5.74, 6) is 0.959. The van der Waals surface area contributed by atoms with Crippen molar-refractivity contribution in [3.63, 3.8) is 0 Å². The Balaban J connectivity index is 2.84. The Morgan fingerprint density at radius 1 is 1.12 bits per heavy atom. The van der Waals surface area contributed by atoms with E-state index in [0.29, 0.717) is 5.92 Å². The van der Waals surface area contributed by atoms with Gasteiger partial charge in [-0.15, -0.1) is 0 Å². The molecular weight excluding hydrogens is 208 g/mol. The van der Waals surface area contributed by atoms with Crippen molar-refractivity contribution in [2.45, 2.75) is 34.1 Å². The number of benzene rings is 1. The Morgan fingerprint density at radius 3 is 2.12 bits per heavy atom. The van der Waals surface area contributed by atoms with E-state index in [1.165, 1.54) is 5.56 Å². The fourth-order valence-electron chi connectivity index (χ4n) is 1.75. The Labute approximate surface area is 105 Å². The molecule has 0 aliphatic carbocycles. The van der Waals surface area contributed by atoms with Gasteiger partial charge in [-0.3, -0.25) is 4.79 Å². The zero-order valence-corrected chi connectivity index (χ0v) is 11.2. The normalized spacial score (nSPS) is 12.2. The topological polar surface area (TPSA) is 17.1 Å². The molecule has 0 N–H and O–H groups in total. The molecule has 0 saturated heterocycles. The molecule has 0 aromatic heterocycles. The SMILES string of the molecule is CC(C)Cc1ccc(C=C(C=O)C(C)C)cc1. The molecule has 0 unspecified atom stereocenters. The third kappa shape index (κ3) is 4.56. The number of hydrogen-bond donors (Lipinski definition) is 0. The molecule has 0 amide bonds. The monoisotopic (exact) mass is 230 g/mol. The van der Waals surface area contributed by atoms with Crippen LogP contribution in [0.4, 0.5) is 0 Å². The smallest absolute Gasteiger partial charge is 0.146 e. The lowest BCUT2D eigenvalue weighted by molar-refractivity contribution is -0.105. The van der Waals surface area contributed by atoms with Crippen molar-refractivity contribution in [2.24, 2.45) is 11.8 Å².